The Labute approximate surface area is 93.8 Å². The van der Waals surface area contributed by atoms with E-state index in [2.05, 4.69) is 0 Å². The molecule has 7 heteroatoms. The number of phosphoric acid groups is 1. The monoisotopic (exact) mass is 190 g/mol. The van der Waals surface area contributed by atoms with Gasteiger partial charge in [0.05, 0.1) is 0 Å². The third kappa shape index (κ3) is 63.2. The maximum atomic E-state index is 8.55. The summed E-state index contributed by atoms with van der Waals surface area (Å²) in [6, 6.07) is 0. The molecule has 0 spiro atoms. The Hall–Kier alpha value is 2.27. The normalized spacial score (nSPS) is 8.43. The summed E-state index contributed by atoms with van der Waals surface area (Å²) in [6.07, 6.45) is 0. The molecule has 0 N–H and O–H groups in total. The molecule has 0 atom stereocenters. The van der Waals surface area contributed by atoms with Gasteiger partial charge in [-0.15, -0.1) is 0 Å². The van der Waals surface area contributed by atoms with Gasteiger partial charge in [-0.2, -0.15) is 7.82 Å². The van der Waals surface area contributed by atoms with Gasteiger partial charge in [0.2, 0.25) is 0 Å². The number of rotatable bonds is 0. The predicted octanol–water partition coefficient (Wildman–Crippen LogP) is -3.21. The zero-order chi connectivity index (χ0) is 4.50. The fourth-order valence-corrected chi connectivity index (χ4v) is 0. The molecule has 0 aromatic carbocycles. The third-order valence-corrected chi connectivity index (χ3v) is 0. The van der Waals surface area contributed by atoms with Crippen LogP contribution in [0.25, 0.3) is 0 Å². The van der Waals surface area contributed by atoms with Crippen molar-refractivity contribution in [2.24, 2.45) is 0 Å². The maximum Gasteiger partial charge on any atom is 3.00 e. The van der Waals surface area contributed by atoms with Gasteiger partial charge in [0.15, 0.2) is 0 Å². The molecule has 0 amide bonds. The van der Waals surface area contributed by atoms with Crippen molar-refractivity contribution in [3.8, 4) is 0 Å². The molecule has 4 nitrogen and oxygen atoms in total. The van der Waals surface area contributed by atoms with Gasteiger partial charge in [-0.25, -0.2) is 0 Å². The van der Waals surface area contributed by atoms with Gasteiger partial charge in [0.1, 0.15) is 0 Å². The fraction of sp³-hybridized carbons (Fsp3) is 0. The van der Waals surface area contributed by atoms with Gasteiger partial charge in [0, 0.05) is 51.4 Å². The summed E-state index contributed by atoms with van der Waals surface area (Å²) in [5.74, 6) is 0. The average molecular weight is 190 g/mol. The Morgan fingerprint density at radius 2 is 1.14 bits per heavy atom. The van der Waals surface area contributed by atoms with E-state index in [1.807, 2.05) is 0 Å². The second-order valence-corrected chi connectivity index (χ2v) is 1.34. The van der Waals surface area contributed by atoms with Crippen molar-refractivity contribution in [1.29, 1.82) is 0 Å². The minimum absolute atomic E-state index is 0. The van der Waals surface area contributed by atoms with Crippen molar-refractivity contribution in [3.63, 3.8) is 0 Å². The van der Waals surface area contributed by atoms with E-state index in [1.165, 1.54) is 0 Å². The first-order valence-corrected chi connectivity index (χ1v) is 2.19. The summed E-state index contributed by atoms with van der Waals surface area (Å²) in [6.45, 7) is 0. The van der Waals surface area contributed by atoms with Crippen LogP contribution in [0.3, 0.4) is 0 Å². The second kappa shape index (κ2) is 6.39. The first-order chi connectivity index (χ1) is 2.00. The second-order valence-electron chi connectivity index (χ2n) is 0.447. The summed E-state index contributed by atoms with van der Waals surface area (Å²) < 4.78 is 8.55. The van der Waals surface area contributed by atoms with Gasteiger partial charge in [-0.1, -0.05) is 0 Å². The molecule has 2 radical (unpaired) electrons. The Morgan fingerprint density at radius 1 is 1.14 bits per heavy atom. The van der Waals surface area contributed by atoms with Gasteiger partial charge in [-0.3, -0.25) is 0 Å². The summed E-state index contributed by atoms with van der Waals surface area (Å²) in [5, 5.41) is 0. The van der Waals surface area contributed by atoms with E-state index in [9.17, 15) is 0 Å². The predicted molar refractivity (Wildman–Crippen MR) is 13.4 cm³/mol. The topological polar surface area (TPSA) is 86.2 Å². The third-order valence-electron chi connectivity index (χ3n) is 0. The van der Waals surface area contributed by atoms with Gasteiger partial charge < -0.3 is 19.2 Å². The molecule has 0 saturated carbocycles. The van der Waals surface area contributed by atoms with E-state index >= 15 is 0 Å². The van der Waals surface area contributed by atoms with Crippen LogP contribution in [-0.2, 0) is 21.6 Å². The minimum atomic E-state index is -5.39. The summed E-state index contributed by atoms with van der Waals surface area (Å²) in [7, 11) is -5.39. The zero-order valence-corrected chi connectivity index (χ0v) is 8.56. The van der Waals surface area contributed by atoms with Crippen molar-refractivity contribution in [3.05, 3.63) is 0 Å². The molecule has 0 rings (SSSR count). The molecule has 0 aliphatic heterocycles. The van der Waals surface area contributed by atoms with E-state index in [0.717, 1.165) is 0 Å². The van der Waals surface area contributed by atoms with Gasteiger partial charge >= 0.3 is 17.1 Å². The molecule has 0 saturated heterocycles. The van der Waals surface area contributed by atoms with E-state index in [-0.39, 0.29) is 68.5 Å². The molecule has 0 heterocycles. The van der Waals surface area contributed by atoms with Gasteiger partial charge in [-0.05, 0) is 0 Å². The van der Waals surface area contributed by atoms with Crippen molar-refractivity contribution in [2.75, 3.05) is 0 Å². The van der Waals surface area contributed by atoms with Gasteiger partial charge in [0.25, 0.3) is 0 Å². The molecular weight excluding hydrogens is 190 g/mol. The van der Waals surface area contributed by atoms with Crippen LogP contribution < -0.4 is 14.7 Å². The number of hydrogen-bond donors (Lipinski definition) is 0. The van der Waals surface area contributed by atoms with Crippen LogP contribution in [0.1, 0.15) is 0 Å². The molecule has 0 aliphatic rings. The van der Waals surface area contributed by atoms with Crippen LogP contribution in [0.2, 0.25) is 0 Å². The molecule has 0 unspecified atom stereocenters. The first-order valence-electron chi connectivity index (χ1n) is 0.730. The standard InChI is InChI=1S/Fe.K.H3O4P/c;;1-5(2,3)4/h;;(H3,1,2,3,4)/q+3;;/p-3. The van der Waals surface area contributed by atoms with Crippen molar-refractivity contribution in [2.45, 2.75) is 0 Å². The van der Waals surface area contributed by atoms with Crippen LogP contribution in [0.15, 0.2) is 0 Å². The smallest absolute Gasteiger partial charge is 0.822 e. The minimum Gasteiger partial charge on any atom is -0.822 e. The van der Waals surface area contributed by atoms with Crippen LogP contribution in [0.4, 0.5) is 0 Å². The van der Waals surface area contributed by atoms with E-state index in [4.69, 9.17) is 19.2 Å². The van der Waals surface area contributed by atoms with Crippen LogP contribution in [-0.4, -0.2) is 51.4 Å². The Morgan fingerprint density at radius 3 is 1.14 bits per heavy atom. The zero-order valence-electron chi connectivity index (χ0n) is 3.43. The van der Waals surface area contributed by atoms with Crippen LogP contribution >= 0.6 is 7.82 Å². The van der Waals surface area contributed by atoms with Crippen molar-refractivity contribution in [1.82, 2.24) is 0 Å². The number of hydrogen-bond acceptors (Lipinski definition) is 4. The summed E-state index contributed by atoms with van der Waals surface area (Å²) in [4.78, 5) is 25.6. The van der Waals surface area contributed by atoms with E-state index in [0.29, 0.717) is 0 Å². The Balaban J connectivity index is -0.0000000800. The molecular formula is FeKO4P. The van der Waals surface area contributed by atoms with E-state index in [1.54, 1.807) is 0 Å². The van der Waals surface area contributed by atoms with Crippen molar-refractivity contribution < 1.29 is 36.3 Å². The van der Waals surface area contributed by atoms with Crippen molar-refractivity contribution >= 4 is 59.2 Å². The molecule has 0 aliphatic carbocycles. The summed E-state index contributed by atoms with van der Waals surface area (Å²) >= 11 is 0. The SMILES string of the molecule is O=P([O-])([O-])[O-].[Fe+3].[K]. The largest absolute Gasteiger partial charge is 3.00 e. The molecule has 0 aromatic heterocycles. The summed E-state index contributed by atoms with van der Waals surface area (Å²) in [5.41, 5.74) is 0. The maximum absolute atomic E-state index is 8.55. The van der Waals surface area contributed by atoms with E-state index < -0.39 is 7.82 Å². The molecule has 0 aromatic rings. The quantitative estimate of drug-likeness (QED) is 0.297. The molecule has 0 bridgehead atoms. The van der Waals surface area contributed by atoms with Crippen LogP contribution in [0.5, 0.6) is 0 Å². The fourth-order valence-electron chi connectivity index (χ4n) is 0. The van der Waals surface area contributed by atoms with Crippen LogP contribution in [0, 0.1) is 0 Å². The molecule has 38 valence electrons. The molecule has 7 heavy (non-hydrogen) atoms. The average Bonchev–Trinajstić information content (AvgIpc) is 0.722. The Kier molecular flexibility index (Phi) is 14.7. The molecule has 0 fully saturated rings. The Bertz CT molecular complexity index is 57.8. The first kappa shape index (κ1) is 16.1.